The second-order valence-corrected chi connectivity index (χ2v) is 7.95. The molecule has 0 atom stereocenters. The lowest BCUT2D eigenvalue weighted by atomic mass is 9.91. The molecule has 2 aromatic carbocycles. The zero-order valence-corrected chi connectivity index (χ0v) is 16.2. The van der Waals surface area contributed by atoms with Crippen LogP contribution in [0.2, 0.25) is 0 Å². The molecule has 0 bridgehead atoms. The minimum Gasteiger partial charge on any atom is -0.309 e. The molecule has 0 saturated carbocycles. The predicted molar refractivity (Wildman–Crippen MR) is 111 cm³/mol. The molecule has 0 amide bonds. The number of rotatable bonds is 4. The largest absolute Gasteiger partial charge is 0.309 e. The van der Waals surface area contributed by atoms with Crippen molar-refractivity contribution in [2.75, 3.05) is 40.3 Å². The van der Waals surface area contributed by atoms with Gasteiger partial charge in [-0.1, -0.05) is 48.5 Å². The first-order chi connectivity index (χ1) is 12.7. The second-order valence-electron chi connectivity index (χ2n) is 7.95. The Labute approximate surface area is 158 Å². The topological polar surface area (TPSA) is 6.48 Å². The van der Waals surface area contributed by atoms with Gasteiger partial charge in [0.05, 0.1) is 0 Å². The Morgan fingerprint density at radius 2 is 1.35 bits per heavy atom. The highest BCUT2D eigenvalue weighted by atomic mass is 15.1. The van der Waals surface area contributed by atoms with Crippen molar-refractivity contribution in [1.82, 2.24) is 9.80 Å². The van der Waals surface area contributed by atoms with E-state index in [1.165, 1.54) is 67.7 Å². The lowest BCUT2D eigenvalue weighted by Crippen LogP contribution is -2.28. The highest BCUT2D eigenvalue weighted by Gasteiger charge is 2.24. The molecule has 0 fully saturated rings. The van der Waals surface area contributed by atoms with Crippen LogP contribution in [0.5, 0.6) is 0 Å². The van der Waals surface area contributed by atoms with Crippen molar-refractivity contribution >= 4 is 11.1 Å². The van der Waals surface area contributed by atoms with Gasteiger partial charge in [-0.05, 0) is 86.3 Å². The van der Waals surface area contributed by atoms with E-state index in [2.05, 4.69) is 72.4 Å². The molecule has 0 saturated heterocycles. The number of hydrogen-bond acceptors (Lipinski definition) is 2. The average Bonchev–Trinajstić information content (AvgIpc) is 2.92. The smallest absolute Gasteiger partial charge is 0.00223 e. The molecule has 0 spiro atoms. The Morgan fingerprint density at radius 3 is 1.88 bits per heavy atom. The predicted octanol–water partition coefficient (Wildman–Crippen LogP) is 4.55. The molecule has 2 heteroatoms. The molecular weight excluding hydrogens is 316 g/mol. The van der Waals surface area contributed by atoms with Gasteiger partial charge in [-0.2, -0.15) is 0 Å². The van der Waals surface area contributed by atoms with E-state index in [4.69, 9.17) is 0 Å². The molecule has 2 aliphatic rings. The van der Waals surface area contributed by atoms with Crippen molar-refractivity contribution in [3.63, 3.8) is 0 Å². The van der Waals surface area contributed by atoms with E-state index < -0.39 is 0 Å². The standard InChI is InChI=1S/C24H30N2/c1-25(2)14-7-15-26-16-12-23-21-10-5-3-8-19(21)18-20-9-4-6-11-22(20)24(23)13-17-26/h3-6,8-11H,7,12-18H2,1-2H3. The molecule has 1 aliphatic carbocycles. The Hall–Kier alpha value is -1.90. The van der Waals surface area contributed by atoms with E-state index in [1.54, 1.807) is 11.1 Å². The van der Waals surface area contributed by atoms with Crippen LogP contribution < -0.4 is 0 Å². The van der Waals surface area contributed by atoms with Crippen molar-refractivity contribution in [2.24, 2.45) is 0 Å². The molecule has 26 heavy (non-hydrogen) atoms. The quantitative estimate of drug-likeness (QED) is 0.801. The van der Waals surface area contributed by atoms with Gasteiger partial charge in [0, 0.05) is 13.1 Å². The molecule has 136 valence electrons. The molecule has 0 N–H and O–H groups in total. The third kappa shape index (κ3) is 3.62. The first kappa shape index (κ1) is 17.5. The monoisotopic (exact) mass is 346 g/mol. The first-order valence-electron chi connectivity index (χ1n) is 9.98. The van der Waals surface area contributed by atoms with Crippen LogP contribution >= 0.6 is 0 Å². The minimum atomic E-state index is 1.06. The summed E-state index contributed by atoms with van der Waals surface area (Å²) in [5.41, 5.74) is 9.17. The highest BCUT2D eigenvalue weighted by Crippen LogP contribution is 2.40. The molecule has 0 unspecified atom stereocenters. The van der Waals surface area contributed by atoms with E-state index in [0.717, 1.165) is 6.42 Å². The van der Waals surface area contributed by atoms with Crippen molar-refractivity contribution in [3.8, 4) is 0 Å². The van der Waals surface area contributed by atoms with Crippen LogP contribution in [0.4, 0.5) is 0 Å². The maximum absolute atomic E-state index is 2.67. The van der Waals surface area contributed by atoms with Crippen molar-refractivity contribution < 1.29 is 0 Å². The number of fused-ring (bicyclic) bond motifs is 4. The van der Waals surface area contributed by atoms with Crippen LogP contribution in [0.3, 0.4) is 0 Å². The summed E-state index contributed by atoms with van der Waals surface area (Å²) in [6.07, 6.45) is 4.65. The second kappa shape index (κ2) is 7.77. The fourth-order valence-electron chi connectivity index (χ4n) is 4.52. The summed E-state index contributed by atoms with van der Waals surface area (Å²) in [6, 6.07) is 18.1. The third-order valence-corrected chi connectivity index (χ3v) is 5.87. The van der Waals surface area contributed by atoms with E-state index in [1.807, 2.05) is 0 Å². The van der Waals surface area contributed by atoms with E-state index >= 15 is 0 Å². The summed E-state index contributed by atoms with van der Waals surface area (Å²) >= 11 is 0. The van der Waals surface area contributed by atoms with Gasteiger partial charge in [0.2, 0.25) is 0 Å². The Kier molecular flexibility index (Phi) is 5.23. The van der Waals surface area contributed by atoms with Gasteiger partial charge in [-0.25, -0.2) is 0 Å². The lowest BCUT2D eigenvalue weighted by molar-refractivity contribution is 0.268. The van der Waals surface area contributed by atoms with Gasteiger partial charge in [-0.15, -0.1) is 0 Å². The van der Waals surface area contributed by atoms with Gasteiger partial charge < -0.3 is 9.80 Å². The zero-order chi connectivity index (χ0) is 17.9. The normalized spacial score (nSPS) is 17.3. The van der Waals surface area contributed by atoms with Crippen LogP contribution in [0.1, 0.15) is 41.5 Å². The molecular formula is C24H30N2. The molecule has 1 heterocycles. The molecule has 0 aromatic heterocycles. The molecule has 4 rings (SSSR count). The highest BCUT2D eigenvalue weighted by molar-refractivity contribution is 5.94. The summed E-state index contributed by atoms with van der Waals surface area (Å²) < 4.78 is 0. The fraction of sp³-hybridized carbons (Fsp3) is 0.417. The number of nitrogens with zero attached hydrogens (tertiary/aromatic N) is 2. The Bertz CT molecular complexity index is 744. The van der Waals surface area contributed by atoms with Crippen molar-refractivity contribution in [3.05, 3.63) is 70.8 Å². The van der Waals surface area contributed by atoms with Gasteiger partial charge in [0.1, 0.15) is 0 Å². The summed E-state index contributed by atoms with van der Waals surface area (Å²) in [7, 11) is 4.33. The fourth-order valence-corrected chi connectivity index (χ4v) is 4.52. The van der Waals surface area contributed by atoms with Crippen LogP contribution in [0, 0.1) is 0 Å². The van der Waals surface area contributed by atoms with Crippen LogP contribution in [-0.4, -0.2) is 50.1 Å². The SMILES string of the molecule is CN(C)CCCN1CCC2=C(CC1)c1ccccc1Cc1ccccc12. The van der Waals surface area contributed by atoms with Crippen LogP contribution in [0.15, 0.2) is 48.5 Å². The van der Waals surface area contributed by atoms with E-state index in [9.17, 15) is 0 Å². The van der Waals surface area contributed by atoms with E-state index in [0.29, 0.717) is 0 Å². The van der Waals surface area contributed by atoms with Crippen LogP contribution in [-0.2, 0) is 6.42 Å². The first-order valence-corrected chi connectivity index (χ1v) is 9.98. The summed E-state index contributed by atoms with van der Waals surface area (Å²) in [5, 5.41) is 0. The maximum Gasteiger partial charge on any atom is 0.00223 e. The lowest BCUT2D eigenvalue weighted by Gasteiger charge is -2.21. The van der Waals surface area contributed by atoms with Crippen molar-refractivity contribution in [2.45, 2.75) is 25.7 Å². The molecule has 1 aliphatic heterocycles. The molecule has 0 radical (unpaired) electrons. The van der Waals surface area contributed by atoms with Crippen LogP contribution in [0.25, 0.3) is 11.1 Å². The Balaban J connectivity index is 1.64. The van der Waals surface area contributed by atoms with Gasteiger partial charge in [-0.3, -0.25) is 0 Å². The molecule has 2 nitrogen and oxygen atoms in total. The maximum atomic E-state index is 2.67. The number of hydrogen-bond donors (Lipinski definition) is 0. The summed E-state index contributed by atoms with van der Waals surface area (Å²) in [4.78, 5) is 4.96. The van der Waals surface area contributed by atoms with Gasteiger partial charge >= 0.3 is 0 Å². The minimum absolute atomic E-state index is 1.06. The van der Waals surface area contributed by atoms with Crippen molar-refractivity contribution in [1.29, 1.82) is 0 Å². The Morgan fingerprint density at radius 1 is 0.808 bits per heavy atom. The number of benzene rings is 2. The zero-order valence-electron chi connectivity index (χ0n) is 16.2. The van der Waals surface area contributed by atoms with Gasteiger partial charge in [0.25, 0.3) is 0 Å². The van der Waals surface area contributed by atoms with Gasteiger partial charge in [0.15, 0.2) is 0 Å². The summed E-state index contributed by atoms with van der Waals surface area (Å²) in [6.45, 7) is 4.75. The molecule has 2 aromatic rings. The average molecular weight is 347 g/mol. The third-order valence-electron chi connectivity index (χ3n) is 5.87. The van der Waals surface area contributed by atoms with E-state index in [-0.39, 0.29) is 0 Å². The summed E-state index contributed by atoms with van der Waals surface area (Å²) in [5.74, 6) is 0.